The van der Waals surface area contributed by atoms with Gasteiger partial charge in [0.25, 0.3) is 0 Å². The lowest BCUT2D eigenvalue weighted by Crippen LogP contribution is -2.30. The molecule has 2 aromatic rings. The quantitative estimate of drug-likeness (QED) is 0.805. The number of nitrogens with zero attached hydrogens (tertiary/aromatic N) is 4. The van der Waals surface area contributed by atoms with Crippen molar-refractivity contribution in [2.45, 2.75) is 44.2 Å². The topological polar surface area (TPSA) is 53.7 Å². The highest BCUT2D eigenvalue weighted by Gasteiger charge is 2.36. The highest BCUT2D eigenvalue weighted by atomic mass is 19.1. The Hall–Kier alpha value is -2.73. The Morgan fingerprint density at radius 1 is 1.16 bits per heavy atom. The molecule has 6 heteroatoms. The van der Waals surface area contributed by atoms with Gasteiger partial charge in [-0.15, -0.1) is 0 Å². The molecular formula is C25H27FN4O. The average Bonchev–Trinajstić information content (AvgIpc) is 3.51. The molecule has 31 heavy (non-hydrogen) atoms. The van der Waals surface area contributed by atoms with Crippen LogP contribution in [0.1, 0.15) is 43.7 Å². The van der Waals surface area contributed by atoms with Crippen molar-refractivity contribution in [3.63, 3.8) is 0 Å². The number of aliphatic hydroxyl groups is 1. The third-order valence-electron chi connectivity index (χ3n) is 7.55. The number of imidazole rings is 1. The third-order valence-corrected chi connectivity index (χ3v) is 7.55. The number of amidine groups is 1. The Morgan fingerprint density at radius 3 is 2.90 bits per heavy atom. The maximum Gasteiger partial charge on any atom is 0.129 e. The van der Waals surface area contributed by atoms with Crippen LogP contribution in [0.5, 0.6) is 0 Å². The lowest BCUT2D eigenvalue weighted by molar-refractivity contribution is 0.0621. The zero-order valence-electron chi connectivity index (χ0n) is 17.5. The maximum atomic E-state index is 14.7. The monoisotopic (exact) mass is 418 g/mol. The summed E-state index contributed by atoms with van der Waals surface area (Å²) in [5.74, 6) is 1.70. The Kier molecular flexibility index (Phi) is 4.56. The van der Waals surface area contributed by atoms with Gasteiger partial charge in [0.05, 0.1) is 36.9 Å². The summed E-state index contributed by atoms with van der Waals surface area (Å²) in [6.45, 7) is 1.86. The number of aliphatic imine (C=N–C) groups is 1. The van der Waals surface area contributed by atoms with E-state index < -0.39 is 6.10 Å². The van der Waals surface area contributed by atoms with E-state index in [1.165, 1.54) is 11.6 Å². The van der Waals surface area contributed by atoms with E-state index in [9.17, 15) is 9.50 Å². The van der Waals surface area contributed by atoms with Gasteiger partial charge in [0.15, 0.2) is 0 Å². The maximum absolute atomic E-state index is 14.7. The summed E-state index contributed by atoms with van der Waals surface area (Å²) in [7, 11) is 0. The van der Waals surface area contributed by atoms with Gasteiger partial charge in [0.1, 0.15) is 11.7 Å². The highest BCUT2D eigenvalue weighted by Crippen LogP contribution is 2.45. The number of halogens is 1. The fourth-order valence-electron chi connectivity index (χ4n) is 5.88. The predicted molar refractivity (Wildman–Crippen MR) is 118 cm³/mol. The first-order valence-electron chi connectivity index (χ1n) is 11.4. The first-order valence-corrected chi connectivity index (χ1v) is 11.4. The van der Waals surface area contributed by atoms with Gasteiger partial charge >= 0.3 is 0 Å². The molecule has 1 aromatic carbocycles. The van der Waals surface area contributed by atoms with Crippen LogP contribution in [0.4, 0.5) is 4.39 Å². The van der Waals surface area contributed by atoms with Crippen molar-refractivity contribution >= 4 is 5.84 Å². The van der Waals surface area contributed by atoms with Crippen LogP contribution in [0.15, 0.2) is 59.6 Å². The molecule has 2 atom stereocenters. The number of hydrogen-bond acceptors (Lipinski definition) is 4. The molecule has 4 heterocycles. The van der Waals surface area contributed by atoms with Gasteiger partial charge in [0.2, 0.25) is 0 Å². The number of rotatable bonds is 4. The normalized spacial score (nSPS) is 27.4. The lowest BCUT2D eigenvalue weighted by Gasteiger charge is -2.34. The van der Waals surface area contributed by atoms with Crippen LogP contribution in [-0.4, -0.2) is 44.6 Å². The Bertz CT molecular complexity index is 1090. The first kappa shape index (κ1) is 19.0. The molecule has 5 nitrogen and oxygen atoms in total. The van der Waals surface area contributed by atoms with Crippen molar-refractivity contribution in [3.05, 3.63) is 66.0 Å². The zero-order chi connectivity index (χ0) is 20.9. The van der Waals surface area contributed by atoms with E-state index >= 15 is 0 Å². The molecule has 0 saturated heterocycles. The number of aromatic nitrogens is 2. The van der Waals surface area contributed by atoms with Gasteiger partial charge in [-0.25, -0.2) is 9.37 Å². The summed E-state index contributed by atoms with van der Waals surface area (Å²) >= 11 is 0. The molecule has 0 amide bonds. The average molecular weight is 419 g/mol. The number of allylic oxidation sites excluding steroid dienone is 2. The smallest absolute Gasteiger partial charge is 0.129 e. The SMILES string of the molecule is OC(CC1c2c(F)cccc2-c2cncn21)C1CCC(C2=CN3CCN=C3C=C2)CC1. The van der Waals surface area contributed by atoms with Crippen LogP contribution >= 0.6 is 0 Å². The summed E-state index contributed by atoms with van der Waals surface area (Å²) in [6.07, 6.45) is 14.5. The van der Waals surface area contributed by atoms with Crippen molar-refractivity contribution in [1.82, 2.24) is 14.5 Å². The van der Waals surface area contributed by atoms with Crippen LogP contribution < -0.4 is 0 Å². The van der Waals surface area contributed by atoms with E-state index in [0.29, 0.717) is 17.9 Å². The summed E-state index contributed by atoms with van der Waals surface area (Å²) < 4.78 is 16.7. The fourth-order valence-corrected chi connectivity index (χ4v) is 5.88. The molecule has 6 rings (SSSR count). The lowest BCUT2D eigenvalue weighted by atomic mass is 9.75. The van der Waals surface area contributed by atoms with Crippen LogP contribution in [0.25, 0.3) is 11.3 Å². The number of benzene rings is 1. The molecule has 1 N–H and O–H groups in total. The fraction of sp³-hybridized carbons (Fsp3) is 0.440. The molecule has 160 valence electrons. The zero-order valence-corrected chi connectivity index (χ0v) is 17.5. The molecule has 1 aromatic heterocycles. The van der Waals surface area contributed by atoms with Gasteiger partial charge < -0.3 is 14.6 Å². The minimum absolute atomic E-state index is 0.182. The molecule has 1 aliphatic carbocycles. The van der Waals surface area contributed by atoms with Crippen molar-refractivity contribution in [3.8, 4) is 11.3 Å². The van der Waals surface area contributed by atoms with Crippen molar-refractivity contribution < 1.29 is 9.50 Å². The summed E-state index contributed by atoms with van der Waals surface area (Å²) in [5.41, 5.74) is 3.94. The van der Waals surface area contributed by atoms with E-state index in [1.54, 1.807) is 18.6 Å². The van der Waals surface area contributed by atoms with Crippen molar-refractivity contribution in [1.29, 1.82) is 0 Å². The minimum Gasteiger partial charge on any atom is -0.393 e. The number of hydrogen-bond donors (Lipinski definition) is 1. The van der Waals surface area contributed by atoms with E-state index in [0.717, 1.165) is 55.9 Å². The Labute approximate surface area is 181 Å². The summed E-state index contributed by atoms with van der Waals surface area (Å²) in [6, 6.07) is 5.03. The molecule has 2 unspecified atom stereocenters. The second-order valence-electron chi connectivity index (χ2n) is 9.21. The molecule has 3 aliphatic heterocycles. The van der Waals surface area contributed by atoms with Crippen LogP contribution in [-0.2, 0) is 0 Å². The first-order chi connectivity index (χ1) is 15.2. The largest absolute Gasteiger partial charge is 0.393 e. The molecule has 0 radical (unpaired) electrons. The van der Waals surface area contributed by atoms with Gasteiger partial charge in [-0.05, 0) is 61.7 Å². The van der Waals surface area contributed by atoms with Gasteiger partial charge in [0, 0.05) is 23.9 Å². The number of fused-ring (bicyclic) bond motifs is 4. The number of aliphatic hydroxyl groups excluding tert-OH is 1. The second-order valence-corrected chi connectivity index (χ2v) is 9.21. The van der Waals surface area contributed by atoms with Crippen LogP contribution in [0, 0.1) is 17.7 Å². The second kappa shape index (κ2) is 7.45. The summed E-state index contributed by atoms with van der Waals surface area (Å²) in [5, 5.41) is 11.1. The standard InChI is InChI=1S/C25H27FN4O/c26-20-3-1-2-19-22-13-27-15-30(22)21(25(19)20)12-23(31)17-6-4-16(5-7-17)18-8-9-24-28-10-11-29(24)14-18/h1-3,8-9,13-17,21,23,31H,4-7,10-12H2. The molecule has 0 spiro atoms. The van der Waals surface area contributed by atoms with Crippen molar-refractivity contribution in [2.75, 3.05) is 13.1 Å². The molecule has 1 fully saturated rings. The minimum atomic E-state index is -0.444. The predicted octanol–water partition coefficient (Wildman–Crippen LogP) is 4.32. The summed E-state index contributed by atoms with van der Waals surface area (Å²) in [4.78, 5) is 11.0. The highest BCUT2D eigenvalue weighted by molar-refractivity contribution is 5.96. The van der Waals surface area contributed by atoms with E-state index in [-0.39, 0.29) is 17.8 Å². The molecular weight excluding hydrogens is 391 g/mol. The van der Waals surface area contributed by atoms with Gasteiger partial charge in [-0.2, -0.15) is 0 Å². The van der Waals surface area contributed by atoms with Crippen LogP contribution in [0.3, 0.4) is 0 Å². The Balaban J connectivity index is 1.13. The van der Waals surface area contributed by atoms with Gasteiger partial charge in [-0.3, -0.25) is 4.99 Å². The van der Waals surface area contributed by atoms with E-state index in [4.69, 9.17) is 0 Å². The molecule has 0 bridgehead atoms. The molecule has 4 aliphatic rings. The van der Waals surface area contributed by atoms with E-state index in [2.05, 4.69) is 33.2 Å². The third kappa shape index (κ3) is 3.16. The van der Waals surface area contributed by atoms with Gasteiger partial charge in [-0.1, -0.05) is 18.2 Å². The van der Waals surface area contributed by atoms with Crippen LogP contribution in [0.2, 0.25) is 0 Å². The van der Waals surface area contributed by atoms with E-state index in [1.807, 2.05) is 10.6 Å². The van der Waals surface area contributed by atoms with Crippen molar-refractivity contribution in [2.24, 2.45) is 16.8 Å². The Morgan fingerprint density at radius 2 is 2.03 bits per heavy atom. The molecule has 1 saturated carbocycles.